The Morgan fingerprint density at radius 3 is 2.84 bits per heavy atom. The van der Waals surface area contributed by atoms with Crippen LogP contribution in [0.3, 0.4) is 0 Å². The first kappa shape index (κ1) is 14.5. The van der Waals surface area contributed by atoms with Crippen molar-refractivity contribution < 1.29 is 4.74 Å². The van der Waals surface area contributed by atoms with Crippen molar-refractivity contribution in [3.63, 3.8) is 0 Å². The fourth-order valence-corrected chi connectivity index (χ4v) is 2.89. The van der Waals surface area contributed by atoms with Crippen LogP contribution in [0.2, 0.25) is 0 Å². The third kappa shape index (κ3) is 5.33. The zero-order valence-electron chi connectivity index (χ0n) is 12.1. The van der Waals surface area contributed by atoms with E-state index >= 15 is 0 Å². The first-order chi connectivity index (χ1) is 9.38. The molecule has 1 aromatic carbocycles. The number of nitrogens with one attached hydrogen (secondary N) is 1. The number of hydrogen-bond donors (Lipinski definition) is 1. The van der Waals surface area contributed by atoms with Crippen molar-refractivity contribution in [3.8, 4) is 0 Å². The zero-order chi connectivity index (χ0) is 13.3. The highest BCUT2D eigenvalue weighted by atomic mass is 16.5. The molecule has 1 aromatic rings. The van der Waals surface area contributed by atoms with Gasteiger partial charge >= 0.3 is 0 Å². The second-order valence-electron chi connectivity index (χ2n) is 5.60. The summed E-state index contributed by atoms with van der Waals surface area (Å²) in [5, 5.41) is 3.44. The topological polar surface area (TPSA) is 21.3 Å². The maximum atomic E-state index is 5.99. The van der Waals surface area contributed by atoms with Crippen LogP contribution in [-0.4, -0.2) is 19.3 Å². The fraction of sp³-hybridized carbons (Fsp3) is 0.647. The van der Waals surface area contributed by atoms with Crippen LogP contribution in [0, 0.1) is 5.92 Å². The Bertz CT molecular complexity index is 338. The lowest BCUT2D eigenvalue weighted by molar-refractivity contribution is 0.0142. The Balaban J connectivity index is 1.54. The third-order valence-electron chi connectivity index (χ3n) is 4.12. The Labute approximate surface area is 117 Å². The molecule has 2 heteroatoms. The number of ether oxygens (including phenoxy) is 1. The van der Waals surface area contributed by atoms with Crippen molar-refractivity contribution in [2.24, 2.45) is 5.92 Å². The molecule has 1 aliphatic carbocycles. The third-order valence-corrected chi connectivity index (χ3v) is 4.12. The summed E-state index contributed by atoms with van der Waals surface area (Å²) in [4.78, 5) is 0. The van der Waals surface area contributed by atoms with Crippen LogP contribution in [0.1, 0.15) is 44.6 Å². The van der Waals surface area contributed by atoms with Crippen LogP contribution in [0.25, 0.3) is 0 Å². The lowest BCUT2D eigenvalue weighted by atomic mass is 9.85. The molecule has 0 saturated heterocycles. The van der Waals surface area contributed by atoms with Gasteiger partial charge in [0.05, 0.1) is 12.7 Å². The van der Waals surface area contributed by atoms with E-state index in [1.165, 1.54) is 37.7 Å². The van der Waals surface area contributed by atoms with E-state index in [4.69, 9.17) is 4.74 Å². The predicted octanol–water partition coefficient (Wildman–Crippen LogP) is 3.76. The minimum Gasteiger partial charge on any atom is -0.377 e. The summed E-state index contributed by atoms with van der Waals surface area (Å²) in [6, 6.07) is 10.5. The second kappa shape index (κ2) is 8.34. The lowest BCUT2D eigenvalue weighted by Crippen LogP contribution is -2.27. The molecule has 1 saturated carbocycles. The molecule has 0 heterocycles. The van der Waals surface area contributed by atoms with Gasteiger partial charge < -0.3 is 10.1 Å². The van der Waals surface area contributed by atoms with Gasteiger partial charge in [-0.15, -0.1) is 0 Å². The van der Waals surface area contributed by atoms with Gasteiger partial charge in [0.2, 0.25) is 0 Å². The maximum absolute atomic E-state index is 5.99. The van der Waals surface area contributed by atoms with Gasteiger partial charge in [-0.1, -0.05) is 56.5 Å². The molecule has 0 radical (unpaired) electrons. The molecule has 0 aromatic heterocycles. The van der Waals surface area contributed by atoms with Crippen molar-refractivity contribution in [2.45, 2.75) is 51.7 Å². The van der Waals surface area contributed by atoms with Gasteiger partial charge in [0.25, 0.3) is 0 Å². The van der Waals surface area contributed by atoms with Crippen molar-refractivity contribution in [2.75, 3.05) is 13.2 Å². The standard InChI is InChI=1S/C17H27NO/c1-2-15-9-6-10-17(13-15)19-12-11-18-14-16-7-4-3-5-8-16/h3-5,7-8,15,17-18H,2,6,9-14H2,1H3. The summed E-state index contributed by atoms with van der Waals surface area (Å²) in [7, 11) is 0. The molecule has 1 fully saturated rings. The fourth-order valence-electron chi connectivity index (χ4n) is 2.89. The van der Waals surface area contributed by atoms with E-state index in [0.29, 0.717) is 6.10 Å². The van der Waals surface area contributed by atoms with Crippen LogP contribution in [0.15, 0.2) is 30.3 Å². The van der Waals surface area contributed by atoms with E-state index in [1.54, 1.807) is 0 Å². The second-order valence-corrected chi connectivity index (χ2v) is 5.60. The molecule has 2 rings (SSSR count). The normalized spacial score (nSPS) is 23.4. The minimum atomic E-state index is 0.511. The van der Waals surface area contributed by atoms with E-state index < -0.39 is 0 Å². The molecular formula is C17H27NO. The average molecular weight is 261 g/mol. The number of hydrogen-bond acceptors (Lipinski definition) is 2. The van der Waals surface area contributed by atoms with Crippen LogP contribution >= 0.6 is 0 Å². The lowest BCUT2D eigenvalue weighted by Gasteiger charge is -2.28. The van der Waals surface area contributed by atoms with Crippen LogP contribution < -0.4 is 5.32 Å². The minimum absolute atomic E-state index is 0.511. The molecule has 106 valence electrons. The monoisotopic (exact) mass is 261 g/mol. The predicted molar refractivity (Wildman–Crippen MR) is 80.1 cm³/mol. The van der Waals surface area contributed by atoms with Crippen molar-refractivity contribution in [1.29, 1.82) is 0 Å². The molecule has 0 spiro atoms. The SMILES string of the molecule is CCC1CCCC(OCCNCc2ccccc2)C1. The maximum Gasteiger partial charge on any atom is 0.0594 e. The zero-order valence-corrected chi connectivity index (χ0v) is 12.1. The van der Waals surface area contributed by atoms with Crippen molar-refractivity contribution in [1.82, 2.24) is 5.32 Å². The Morgan fingerprint density at radius 2 is 2.05 bits per heavy atom. The van der Waals surface area contributed by atoms with Gasteiger partial charge in [-0.05, 0) is 24.3 Å². The van der Waals surface area contributed by atoms with Crippen LogP contribution in [0.5, 0.6) is 0 Å². The summed E-state index contributed by atoms with van der Waals surface area (Å²) in [6.07, 6.45) is 7.11. The van der Waals surface area contributed by atoms with Gasteiger partial charge in [0, 0.05) is 13.1 Å². The summed E-state index contributed by atoms with van der Waals surface area (Å²) >= 11 is 0. The molecule has 1 N–H and O–H groups in total. The quantitative estimate of drug-likeness (QED) is 0.755. The van der Waals surface area contributed by atoms with Crippen LogP contribution in [-0.2, 0) is 11.3 Å². The summed E-state index contributed by atoms with van der Waals surface area (Å²) in [5.41, 5.74) is 1.34. The largest absolute Gasteiger partial charge is 0.377 e. The molecule has 2 atom stereocenters. The molecule has 19 heavy (non-hydrogen) atoms. The molecule has 1 aliphatic rings. The van der Waals surface area contributed by atoms with Gasteiger partial charge in [0.1, 0.15) is 0 Å². The Kier molecular flexibility index (Phi) is 6.38. The van der Waals surface area contributed by atoms with E-state index in [9.17, 15) is 0 Å². The highest BCUT2D eigenvalue weighted by Crippen LogP contribution is 2.28. The highest BCUT2D eigenvalue weighted by Gasteiger charge is 2.20. The van der Waals surface area contributed by atoms with Gasteiger partial charge in [-0.2, -0.15) is 0 Å². The number of benzene rings is 1. The molecule has 0 bridgehead atoms. The molecule has 2 nitrogen and oxygen atoms in total. The van der Waals surface area contributed by atoms with E-state index in [2.05, 4.69) is 42.6 Å². The van der Waals surface area contributed by atoms with Crippen molar-refractivity contribution in [3.05, 3.63) is 35.9 Å². The average Bonchev–Trinajstić information content (AvgIpc) is 2.48. The number of rotatable bonds is 7. The smallest absolute Gasteiger partial charge is 0.0594 e. The van der Waals surface area contributed by atoms with Crippen LogP contribution in [0.4, 0.5) is 0 Å². The van der Waals surface area contributed by atoms with E-state index in [1.807, 2.05) is 0 Å². The van der Waals surface area contributed by atoms with Gasteiger partial charge in [-0.3, -0.25) is 0 Å². The highest BCUT2D eigenvalue weighted by molar-refractivity contribution is 5.14. The molecule has 0 amide bonds. The molecule has 2 unspecified atom stereocenters. The Morgan fingerprint density at radius 1 is 1.21 bits per heavy atom. The molecular weight excluding hydrogens is 234 g/mol. The van der Waals surface area contributed by atoms with Crippen molar-refractivity contribution >= 4 is 0 Å². The molecule has 0 aliphatic heterocycles. The first-order valence-electron chi connectivity index (χ1n) is 7.74. The summed E-state index contributed by atoms with van der Waals surface area (Å²) < 4.78 is 5.99. The van der Waals surface area contributed by atoms with Gasteiger partial charge in [0.15, 0.2) is 0 Å². The van der Waals surface area contributed by atoms with E-state index in [-0.39, 0.29) is 0 Å². The van der Waals surface area contributed by atoms with Gasteiger partial charge in [-0.25, -0.2) is 0 Å². The Hall–Kier alpha value is -0.860. The summed E-state index contributed by atoms with van der Waals surface area (Å²) in [5.74, 6) is 0.899. The summed E-state index contributed by atoms with van der Waals surface area (Å²) in [6.45, 7) is 5.02. The first-order valence-corrected chi connectivity index (χ1v) is 7.74. The van der Waals surface area contributed by atoms with E-state index in [0.717, 1.165) is 25.6 Å².